The summed E-state index contributed by atoms with van der Waals surface area (Å²) in [4.78, 5) is 57.1. The Morgan fingerprint density at radius 3 is 2.44 bits per heavy atom. The molecule has 2 aromatic carbocycles. The number of nitrogens with one attached hydrogen (secondary N) is 2. The lowest BCUT2D eigenvalue weighted by Crippen LogP contribution is -2.62. The van der Waals surface area contributed by atoms with E-state index in [0.717, 1.165) is 17.7 Å². The highest BCUT2D eigenvalue weighted by Crippen LogP contribution is 2.51. The van der Waals surface area contributed by atoms with Gasteiger partial charge in [-0.15, -0.1) is 0 Å². The number of halogens is 1. The Morgan fingerprint density at radius 1 is 1.04 bits per heavy atom. The molecule has 1 spiro atoms. The minimum atomic E-state index is -4.16. The van der Waals surface area contributed by atoms with Gasteiger partial charge in [0.05, 0.1) is 17.2 Å². The monoisotopic (exact) mass is 711 g/mol. The number of carbonyl (C=O) groups excluding carboxylic acids is 4. The molecule has 3 amide bonds. The fourth-order valence-corrected chi connectivity index (χ4v) is 9.36. The summed E-state index contributed by atoms with van der Waals surface area (Å²) in [6.07, 6.45) is 1.71. The third-order valence-electron chi connectivity index (χ3n) is 9.92. The predicted molar refractivity (Wildman–Crippen MR) is 178 cm³/mol. The molecule has 2 N–H and O–H groups in total. The highest BCUT2D eigenvalue weighted by Gasteiger charge is 2.59. The number of Topliss-reactive ketones (excluding diaryl/α,β-unsaturated/α-hetero) is 1. The molecular formula is C35H42FN5O8S. The second-order valence-electron chi connectivity index (χ2n) is 13.4. The molecule has 0 saturated carbocycles. The standard InChI is InChI=1S/C35H42FN5O8S/c1-23-19-40(20-24(2)38-23)50(46,47)28-17-27(36)10-9-26(28)18-37-32(43)30-31(42)33(44)41-13-6-16-48-22-29(41)35(30)11-14-39(15-12-35)34(45)49-21-25-7-4-3-5-8-25/h3-5,7-10,17,22-24,30,38H,6,11-16,18-21H2,1-2H3,(H,37,43). The van der Waals surface area contributed by atoms with E-state index in [1.807, 2.05) is 44.2 Å². The second kappa shape index (κ2) is 14.5. The van der Waals surface area contributed by atoms with E-state index in [9.17, 15) is 32.0 Å². The van der Waals surface area contributed by atoms with Crippen molar-refractivity contribution >= 4 is 33.7 Å². The molecule has 3 fully saturated rings. The number of hydrogen-bond donors (Lipinski definition) is 2. The second-order valence-corrected chi connectivity index (χ2v) is 15.3. The molecule has 0 aliphatic carbocycles. The molecule has 2 aromatic rings. The highest BCUT2D eigenvalue weighted by molar-refractivity contribution is 7.89. The number of benzene rings is 2. The summed E-state index contributed by atoms with van der Waals surface area (Å²) in [5.41, 5.74) is 0.175. The van der Waals surface area contributed by atoms with Crippen LogP contribution >= 0.6 is 0 Å². The Labute approximate surface area is 290 Å². The average molecular weight is 712 g/mol. The molecule has 0 aromatic heterocycles. The summed E-state index contributed by atoms with van der Waals surface area (Å²) in [6.45, 7) is 4.66. The smallest absolute Gasteiger partial charge is 0.410 e. The van der Waals surface area contributed by atoms with Gasteiger partial charge in [-0.3, -0.25) is 14.4 Å². The summed E-state index contributed by atoms with van der Waals surface area (Å²) < 4.78 is 54.6. The van der Waals surface area contributed by atoms with Crippen LogP contribution in [0.4, 0.5) is 9.18 Å². The van der Waals surface area contributed by atoms with Crippen LogP contribution in [0.5, 0.6) is 0 Å². The zero-order valence-electron chi connectivity index (χ0n) is 28.1. The number of nitrogens with zero attached hydrogens (tertiary/aromatic N) is 3. The minimum Gasteiger partial charge on any atom is -0.499 e. The topological polar surface area (TPSA) is 155 Å². The van der Waals surface area contributed by atoms with Crippen molar-refractivity contribution in [1.29, 1.82) is 0 Å². The van der Waals surface area contributed by atoms with E-state index < -0.39 is 50.9 Å². The molecule has 4 aliphatic rings. The number of piperazine rings is 1. The first-order valence-electron chi connectivity index (χ1n) is 16.9. The van der Waals surface area contributed by atoms with Crippen LogP contribution in [0.1, 0.15) is 44.2 Å². The number of carbonyl (C=O) groups is 4. The Bertz CT molecular complexity index is 1770. The van der Waals surface area contributed by atoms with Crippen LogP contribution in [0.15, 0.2) is 65.4 Å². The number of rotatable bonds is 7. The van der Waals surface area contributed by atoms with E-state index >= 15 is 0 Å². The van der Waals surface area contributed by atoms with Crippen LogP contribution < -0.4 is 10.6 Å². The minimum absolute atomic E-state index is 0.0832. The molecule has 4 aliphatic heterocycles. The van der Waals surface area contributed by atoms with Crippen molar-refractivity contribution in [3.63, 3.8) is 0 Å². The molecular weight excluding hydrogens is 669 g/mol. The first kappa shape index (κ1) is 35.5. The van der Waals surface area contributed by atoms with Gasteiger partial charge in [0.25, 0.3) is 5.91 Å². The fraction of sp³-hybridized carbons (Fsp3) is 0.486. The SMILES string of the molecule is CC1CN(S(=O)(=O)c2cc(F)ccc2CNC(=O)C2C(=O)C(=O)N3CCCOC=C3C23CCN(C(=O)OCc2ccccc2)CC3)CC(C)N1. The van der Waals surface area contributed by atoms with Gasteiger partial charge in [-0.05, 0) is 56.4 Å². The van der Waals surface area contributed by atoms with Crippen molar-refractivity contribution in [2.24, 2.45) is 11.3 Å². The number of sulfonamides is 1. The van der Waals surface area contributed by atoms with E-state index in [-0.39, 0.29) is 81.3 Å². The maximum absolute atomic E-state index is 14.5. The molecule has 6 rings (SSSR count). The van der Waals surface area contributed by atoms with E-state index in [4.69, 9.17) is 9.47 Å². The molecule has 3 unspecified atom stereocenters. The number of hydrogen-bond acceptors (Lipinski definition) is 9. The Balaban J connectivity index is 1.24. The lowest BCUT2D eigenvalue weighted by Gasteiger charge is -2.50. The van der Waals surface area contributed by atoms with Gasteiger partial charge in [0.15, 0.2) is 0 Å². The van der Waals surface area contributed by atoms with Crippen molar-refractivity contribution in [2.45, 2.75) is 63.2 Å². The third kappa shape index (κ3) is 6.98. The van der Waals surface area contributed by atoms with E-state index in [0.29, 0.717) is 18.7 Å². The molecule has 15 heteroatoms. The van der Waals surface area contributed by atoms with Crippen LogP contribution in [0.25, 0.3) is 0 Å². The van der Waals surface area contributed by atoms with Crippen LogP contribution in [-0.2, 0) is 47.0 Å². The summed E-state index contributed by atoms with van der Waals surface area (Å²) in [6, 6.07) is 12.3. The van der Waals surface area contributed by atoms with Crippen molar-refractivity contribution in [3.05, 3.63) is 77.4 Å². The van der Waals surface area contributed by atoms with Crippen molar-refractivity contribution in [1.82, 2.24) is 24.7 Å². The first-order chi connectivity index (χ1) is 23.9. The van der Waals surface area contributed by atoms with Gasteiger partial charge in [-0.1, -0.05) is 36.4 Å². The normalized spacial score (nSPS) is 24.1. The van der Waals surface area contributed by atoms with Crippen LogP contribution in [0.2, 0.25) is 0 Å². The van der Waals surface area contributed by atoms with Crippen molar-refractivity contribution in [3.8, 4) is 0 Å². The zero-order valence-corrected chi connectivity index (χ0v) is 28.9. The van der Waals surface area contributed by atoms with Crippen LogP contribution in [0, 0.1) is 17.2 Å². The van der Waals surface area contributed by atoms with Gasteiger partial charge in [0, 0.05) is 56.8 Å². The average Bonchev–Trinajstić information content (AvgIpc) is 3.37. The van der Waals surface area contributed by atoms with Gasteiger partial charge in [0.2, 0.25) is 21.7 Å². The molecule has 0 radical (unpaired) electrons. The van der Waals surface area contributed by atoms with Gasteiger partial charge < -0.3 is 29.9 Å². The number of allylic oxidation sites excluding steroid dienone is 1. The van der Waals surface area contributed by atoms with Gasteiger partial charge in [-0.2, -0.15) is 4.31 Å². The number of fused-ring (bicyclic) bond motifs is 2. The molecule has 3 atom stereocenters. The number of ketones is 1. The fourth-order valence-electron chi connectivity index (χ4n) is 7.50. The molecule has 268 valence electrons. The Morgan fingerprint density at radius 2 is 1.74 bits per heavy atom. The lowest BCUT2D eigenvalue weighted by molar-refractivity contribution is -0.158. The molecule has 0 bridgehead atoms. The number of amides is 3. The first-order valence-corrected chi connectivity index (χ1v) is 18.3. The van der Waals surface area contributed by atoms with Crippen LogP contribution in [-0.4, -0.2) is 97.6 Å². The Hall–Kier alpha value is -4.34. The van der Waals surface area contributed by atoms with Gasteiger partial charge in [-0.25, -0.2) is 17.6 Å². The summed E-state index contributed by atoms with van der Waals surface area (Å²) in [5, 5.41) is 5.98. The number of likely N-dealkylation sites (tertiary alicyclic amines) is 1. The highest BCUT2D eigenvalue weighted by atomic mass is 32.2. The quantitative estimate of drug-likeness (QED) is 0.326. The third-order valence-corrected chi connectivity index (χ3v) is 11.8. The van der Waals surface area contributed by atoms with Gasteiger partial charge >= 0.3 is 6.09 Å². The van der Waals surface area contributed by atoms with E-state index in [2.05, 4.69) is 10.6 Å². The molecule has 4 heterocycles. The summed E-state index contributed by atoms with van der Waals surface area (Å²) in [7, 11) is -4.16. The van der Waals surface area contributed by atoms with Gasteiger partial charge in [0.1, 0.15) is 24.6 Å². The number of piperidine rings is 2. The summed E-state index contributed by atoms with van der Waals surface area (Å²) >= 11 is 0. The Kier molecular flexibility index (Phi) is 10.3. The zero-order chi connectivity index (χ0) is 35.6. The van der Waals surface area contributed by atoms with E-state index in [1.54, 1.807) is 0 Å². The summed E-state index contributed by atoms with van der Waals surface area (Å²) in [5.74, 6) is -4.72. The molecule has 3 saturated heterocycles. The maximum atomic E-state index is 14.5. The number of ether oxygens (including phenoxy) is 2. The predicted octanol–water partition coefficient (Wildman–Crippen LogP) is 2.52. The maximum Gasteiger partial charge on any atom is 0.410 e. The van der Waals surface area contributed by atoms with Crippen molar-refractivity contribution in [2.75, 3.05) is 39.3 Å². The van der Waals surface area contributed by atoms with E-state index in [1.165, 1.54) is 26.4 Å². The van der Waals surface area contributed by atoms with Crippen LogP contribution in [0.3, 0.4) is 0 Å². The molecule has 13 nitrogen and oxygen atoms in total. The largest absolute Gasteiger partial charge is 0.499 e. The molecule has 50 heavy (non-hydrogen) atoms. The lowest BCUT2D eigenvalue weighted by atomic mass is 9.62. The van der Waals surface area contributed by atoms with Crippen molar-refractivity contribution < 1.29 is 41.5 Å².